The van der Waals surface area contributed by atoms with Crippen LogP contribution >= 0.6 is 11.3 Å². The van der Waals surface area contributed by atoms with E-state index in [1.165, 1.54) is 24.2 Å². The van der Waals surface area contributed by atoms with Crippen molar-refractivity contribution in [3.63, 3.8) is 0 Å². The first-order valence-electron chi connectivity index (χ1n) is 9.18. The molecule has 24 heavy (non-hydrogen) atoms. The van der Waals surface area contributed by atoms with Crippen LogP contribution in [0.25, 0.3) is 0 Å². The van der Waals surface area contributed by atoms with Gasteiger partial charge in [-0.2, -0.15) is 0 Å². The van der Waals surface area contributed by atoms with Crippen molar-refractivity contribution in [1.82, 2.24) is 9.88 Å². The number of aromatic nitrogens is 1. The Bertz CT molecular complexity index is 633. The van der Waals surface area contributed by atoms with Crippen LogP contribution in [0.15, 0.2) is 18.3 Å². The van der Waals surface area contributed by atoms with Crippen LogP contribution in [0.1, 0.15) is 60.3 Å². The van der Waals surface area contributed by atoms with Crippen LogP contribution in [0.5, 0.6) is 0 Å². The molecule has 0 N–H and O–H groups in total. The SMILES string of the molecule is CC(C)N(C[C@@H]1C[C@H]2C=C[C@H]1C2)C(=O)c1cnc([C@H]2CCCO2)s1. The van der Waals surface area contributed by atoms with Gasteiger partial charge in [0.25, 0.3) is 5.91 Å². The van der Waals surface area contributed by atoms with E-state index in [0.29, 0.717) is 11.8 Å². The molecule has 1 saturated carbocycles. The van der Waals surface area contributed by atoms with Gasteiger partial charge in [0.15, 0.2) is 0 Å². The van der Waals surface area contributed by atoms with Crippen LogP contribution in [0.4, 0.5) is 0 Å². The zero-order valence-corrected chi connectivity index (χ0v) is 15.3. The van der Waals surface area contributed by atoms with Crippen LogP contribution in [-0.2, 0) is 4.74 Å². The van der Waals surface area contributed by atoms with Gasteiger partial charge >= 0.3 is 0 Å². The summed E-state index contributed by atoms with van der Waals surface area (Å²) < 4.78 is 5.70. The van der Waals surface area contributed by atoms with Crippen LogP contribution in [0, 0.1) is 17.8 Å². The summed E-state index contributed by atoms with van der Waals surface area (Å²) in [7, 11) is 0. The van der Waals surface area contributed by atoms with Crippen molar-refractivity contribution in [2.24, 2.45) is 17.8 Å². The largest absolute Gasteiger partial charge is 0.371 e. The summed E-state index contributed by atoms with van der Waals surface area (Å²) in [6, 6.07) is 0.217. The maximum Gasteiger partial charge on any atom is 0.265 e. The van der Waals surface area contributed by atoms with Crippen molar-refractivity contribution >= 4 is 17.2 Å². The van der Waals surface area contributed by atoms with Gasteiger partial charge in [-0.15, -0.1) is 11.3 Å². The van der Waals surface area contributed by atoms with Crippen molar-refractivity contribution in [3.8, 4) is 0 Å². The van der Waals surface area contributed by atoms with E-state index in [-0.39, 0.29) is 18.1 Å². The molecule has 130 valence electrons. The maximum atomic E-state index is 13.0. The third kappa shape index (κ3) is 3.04. The number of nitrogens with zero attached hydrogens (tertiary/aromatic N) is 2. The van der Waals surface area contributed by atoms with E-state index in [1.807, 2.05) is 4.90 Å². The number of thiazole rings is 1. The zero-order valence-electron chi connectivity index (χ0n) is 14.5. The molecule has 4 atom stereocenters. The fourth-order valence-electron chi connectivity index (χ4n) is 4.33. The summed E-state index contributed by atoms with van der Waals surface area (Å²) in [6.07, 6.45) is 11.2. The Kier molecular flexibility index (Phi) is 4.48. The normalized spacial score (nSPS) is 31.3. The molecule has 1 aliphatic heterocycles. The van der Waals surface area contributed by atoms with Crippen molar-refractivity contribution in [2.75, 3.05) is 13.2 Å². The molecule has 0 radical (unpaired) electrons. The lowest BCUT2D eigenvalue weighted by Crippen LogP contribution is -2.41. The van der Waals surface area contributed by atoms with Crippen LogP contribution in [0.3, 0.4) is 0 Å². The Hall–Kier alpha value is -1.20. The number of rotatable bonds is 5. The third-order valence-corrected chi connectivity index (χ3v) is 6.75. The van der Waals surface area contributed by atoms with Crippen LogP contribution in [-0.4, -0.2) is 35.0 Å². The summed E-state index contributed by atoms with van der Waals surface area (Å²) in [4.78, 5) is 20.3. The molecule has 4 nitrogen and oxygen atoms in total. The van der Waals surface area contributed by atoms with E-state index in [2.05, 4.69) is 31.0 Å². The highest BCUT2D eigenvalue weighted by atomic mass is 32.1. The molecule has 4 rings (SSSR count). The van der Waals surface area contributed by atoms with Crippen molar-refractivity contribution in [2.45, 2.75) is 51.7 Å². The summed E-state index contributed by atoms with van der Waals surface area (Å²) in [5.74, 6) is 2.18. The van der Waals surface area contributed by atoms with Crippen LogP contribution < -0.4 is 0 Å². The van der Waals surface area contributed by atoms with Gasteiger partial charge in [-0.3, -0.25) is 4.79 Å². The number of allylic oxidation sites excluding steroid dienone is 2. The second-order valence-corrected chi connectivity index (χ2v) is 8.72. The summed E-state index contributed by atoms with van der Waals surface area (Å²) in [6.45, 7) is 5.91. The lowest BCUT2D eigenvalue weighted by atomic mass is 9.92. The Morgan fingerprint density at radius 1 is 1.42 bits per heavy atom. The molecule has 2 fully saturated rings. The second kappa shape index (κ2) is 6.60. The third-order valence-electron chi connectivity index (χ3n) is 5.67. The van der Waals surface area contributed by atoms with Gasteiger partial charge < -0.3 is 9.64 Å². The molecule has 5 heteroatoms. The smallest absolute Gasteiger partial charge is 0.265 e. The number of hydrogen-bond donors (Lipinski definition) is 0. The van der Waals surface area contributed by atoms with Crippen molar-refractivity contribution in [3.05, 3.63) is 28.2 Å². The number of carbonyl (C=O) groups excluding carboxylic acids is 1. The first-order valence-corrected chi connectivity index (χ1v) is 10.00. The van der Waals surface area contributed by atoms with Crippen LogP contribution in [0.2, 0.25) is 0 Å². The number of ether oxygens (including phenoxy) is 1. The summed E-state index contributed by atoms with van der Waals surface area (Å²) in [5, 5.41) is 0.961. The fraction of sp³-hybridized carbons (Fsp3) is 0.684. The standard InChI is InChI=1S/C19H26N2O2S/c1-12(2)21(11-15-9-13-5-6-14(15)8-13)19(22)17-10-20-18(24-17)16-4-3-7-23-16/h5-6,10,12-16H,3-4,7-9,11H2,1-2H3/t13-,14-,15-,16+/m0/s1. The lowest BCUT2D eigenvalue weighted by Gasteiger charge is -2.31. The molecule has 1 saturated heterocycles. The molecule has 1 amide bonds. The van der Waals surface area contributed by atoms with E-state index in [9.17, 15) is 4.79 Å². The molecule has 1 aromatic rings. The van der Waals surface area contributed by atoms with Crippen molar-refractivity contribution in [1.29, 1.82) is 0 Å². The van der Waals surface area contributed by atoms with Gasteiger partial charge in [-0.1, -0.05) is 12.2 Å². The zero-order chi connectivity index (χ0) is 16.7. The van der Waals surface area contributed by atoms with E-state index in [4.69, 9.17) is 4.74 Å². The first kappa shape index (κ1) is 16.3. The van der Waals surface area contributed by atoms with E-state index in [1.54, 1.807) is 6.20 Å². The highest BCUT2D eigenvalue weighted by Crippen LogP contribution is 2.44. The Morgan fingerprint density at radius 2 is 2.29 bits per heavy atom. The lowest BCUT2D eigenvalue weighted by molar-refractivity contribution is 0.0666. The molecule has 0 unspecified atom stereocenters. The molecule has 0 aromatic carbocycles. The molecule has 2 aliphatic carbocycles. The molecule has 3 aliphatic rings. The highest BCUT2D eigenvalue weighted by Gasteiger charge is 2.38. The Morgan fingerprint density at radius 3 is 2.92 bits per heavy atom. The second-order valence-electron chi connectivity index (χ2n) is 7.66. The van der Waals surface area contributed by atoms with E-state index < -0.39 is 0 Å². The Balaban J connectivity index is 1.46. The van der Waals surface area contributed by atoms with Gasteiger partial charge in [0.2, 0.25) is 0 Å². The van der Waals surface area contributed by atoms with Gasteiger partial charge in [-0.25, -0.2) is 4.98 Å². The fourth-order valence-corrected chi connectivity index (χ4v) is 5.29. The summed E-state index contributed by atoms with van der Waals surface area (Å²) in [5.41, 5.74) is 0. The average Bonchev–Trinajstić information content (AvgIpc) is 3.35. The number of hydrogen-bond acceptors (Lipinski definition) is 4. The van der Waals surface area contributed by atoms with Crippen molar-refractivity contribution < 1.29 is 9.53 Å². The monoisotopic (exact) mass is 346 g/mol. The summed E-state index contributed by atoms with van der Waals surface area (Å²) >= 11 is 1.52. The van der Waals surface area contributed by atoms with Gasteiger partial charge in [0.05, 0.1) is 6.20 Å². The predicted octanol–water partition coefficient (Wildman–Crippen LogP) is 4.06. The van der Waals surface area contributed by atoms with E-state index >= 15 is 0 Å². The molecule has 1 aromatic heterocycles. The topological polar surface area (TPSA) is 42.4 Å². The van der Waals surface area contributed by atoms with Gasteiger partial charge in [0, 0.05) is 19.2 Å². The first-order chi connectivity index (χ1) is 11.6. The quantitative estimate of drug-likeness (QED) is 0.755. The molecule has 2 heterocycles. The van der Waals surface area contributed by atoms with Gasteiger partial charge in [0.1, 0.15) is 16.0 Å². The average molecular weight is 346 g/mol. The Labute approximate surface area is 147 Å². The number of fused-ring (bicyclic) bond motifs is 2. The minimum atomic E-state index is 0.0970. The van der Waals surface area contributed by atoms with E-state index in [0.717, 1.165) is 41.8 Å². The minimum Gasteiger partial charge on any atom is -0.371 e. The number of carbonyl (C=O) groups is 1. The molecule has 2 bridgehead atoms. The number of amides is 1. The predicted molar refractivity (Wildman–Crippen MR) is 95.1 cm³/mol. The molecule has 0 spiro atoms. The highest BCUT2D eigenvalue weighted by molar-refractivity contribution is 7.13. The molecular formula is C19H26N2O2S. The minimum absolute atomic E-state index is 0.0970. The molecular weight excluding hydrogens is 320 g/mol. The maximum absolute atomic E-state index is 13.0. The van der Waals surface area contributed by atoms with Gasteiger partial charge in [-0.05, 0) is 57.3 Å².